The van der Waals surface area contributed by atoms with Gasteiger partial charge in [0.2, 0.25) is 5.91 Å². The van der Waals surface area contributed by atoms with Gasteiger partial charge in [0.05, 0.1) is 16.9 Å². The van der Waals surface area contributed by atoms with E-state index in [1.807, 2.05) is 6.07 Å². The number of hydrogen-bond acceptors (Lipinski definition) is 3. The summed E-state index contributed by atoms with van der Waals surface area (Å²) in [6.07, 6.45) is 0. The first-order chi connectivity index (χ1) is 6.58. The van der Waals surface area contributed by atoms with Crippen molar-refractivity contribution in [3.8, 4) is 0 Å². The Morgan fingerprint density at radius 1 is 1.57 bits per heavy atom. The van der Waals surface area contributed by atoms with Crippen molar-refractivity contribution >= 4 is 39.0 Å². The van der Waals surface area contributed by atoms with Crippen LogP contribution < -0.4 is 0 Å². The van der Waals surface area contributed by atoms with Crippen molar-refractivity contribution in [2.75, 3.05) is 6.54 Å². The highest BCUT2D eigenvalue weighted by atomic mass is 79.9. The molecule has 1 aromatic heterocycles. The van der Waals surface area contributed by atoms with E-state index in [-0.39, 0.29) is 18.2 Å². The normalized spacial score (nSPS) is 15.6. The Bertz CT molecular complexity index is 413. The Balaban J connectivity index is 2.37. The molecule has 5 heteroatoms. The van der Waals surface area contributed by atoms with Crippen molar-refractivity contribution in [1.29, 1.82) is 0 Å². The molecule has 0 aromatic carbocycles. The van der Waals surface area contributed by atoms with E-state index < -0.39 is 0 Å². The molecule has 0 radical (unpaired) electrons. The van der Waals surface area contributed by atoms with Crippen LogP contribution in [0.2, 0.25) is 0 Å². The molecule has 1 aromatic rings. The smallest absolute Gasteiger partial charge is 0.220 e. The second kappa shape index (κ2) is 3.47. The highest BCUT2D eigenvalue weighted by Gasteiger charge is 2.26. The van der Waals surface area contributed by atoms with Crippen molar-refractivity contribution in [3.63, 3.8) is 0 Å². The van der Waals surface area contributed by atoms with E-state index in [2.05, 4.69) is 15.9 Å². The van der Waals surface area contributed by atoms with Gasteiger partial charge in [-0.05, 0) is 22.0 Å². The van der Waals surface area contributed by atoms with Crippen LogP contribution in [0.5, 0.6) is 0 Å². The molecule has 1 amide bonds. The lowest BCUT2D eigenvalue weighted by atomic mass is 10.1. The molecule has 0 N–H and O–H groups in total. The molecule has 0 spiro atoms. The number of rotatable bonds is 0. The molecule has 14 heavy (non-hydrogen) atoms. The van der Waals surface area contributed by atoms with Crippen molar-refractivity contribution in [3.05, 3.63) is 20.3 Å². The first-order valence-electron chi connectivity index (χ1n) is 4.15. The second-order valence-electron chi connectivity index (χ2n) is 3.19. The summed E-state index contributed by atoms with van der Waals surface area (Å²) in [5, 5.41) is 0. The first kappa shape index (κ1) is 9.86. The maximum absolute atomic E-state index is 11.6. The quantitative estimate of drug-likeness (QED) is 0.726. The molecule has 0 saturated carbocycles. The fourth-order valence-corrected chi connectivity index (χ4v) is 3.19. The molecule has 0 unspecified atom stereocenters. The predicted octanol–water partition coefficient (Wildman–Crippen LogP) is 2.06. The summed E-state index contributed by atoms with van der Waals surface area (Å²) in [5.74, 6) is -0.0167. The number of amides is 1. The average Bonchev–Trinajstić information content (AvgIpc) is 2.45. The molecule has 3 nitrogen and oxygen atoms in total. The highest BCUT2D eigenvalue weighted by Crippen LogP contribution is 2.31. The van der Waals surface area contributed by atoms with E-state index in [0.29, 0.717) is 6.54 Å². The second-order valence-corrected chi connectivity index (χ2v) is 5.70. The highest BCUT2D eigenvalue weighted by molar-refractivity contribution is 9.11. The van der Waals surface area contributed by atoms with E-state index >= 15 is 0 Å². The zero-order valence-corrected chi connectivity index (χ0v) is 9.94. The van der Waals surface area contributed by atoms with Crippen LogP contribution in [0.4, 0.5) is 0 Å². The summed E-state index contributed by atoms with van der Waals surface area (Å²) in [7, 11) is 0. The Hall–Kier alpha value is -0.680. The Morgan fingerprint density at radius 2 is 2.29 bits per heavy atom. The fraction of sp³-hybridized carbons (Fsp3) is 0.333. The SMILES string of the molecule is CC(=O)N1CC(=O)c2cc(Br)sc2C1. The summed E-state index contributed by atoms with van der Waals surface area (Å²) in [4.78, 5) is 25.3. The minimum absolute atomic E-state index is 0.0309. The maximum Gasteiger partial charge on any atom is 0.220 e. The Labute approximate surface area is 93.8 Å². The van der Waals surface area contributed by atoms with E-state index in [4.69, 9.17) is 0 Å². The molecule has 2 heterocycles. The minimum Gasteiger partial charge on any atom is -0.330 e. The van der Waals surface area contributed by atoms with Crippen LogP contribution in [0.1, 0.15) is 22.2 Å². The monoisotopic (exact) mass is 273 g/mol. The van der Waals surface area contributed by atoms with Gasteiger partial charge in [-0.15, -0.1) is 11.3 Å². The van der Waals surface area contributed by atoms with E-state index in [1.54, 1.807) is 4.90 Å². The predicted molar refractivity (Wildman–Crippen MR) is 57.4 cm³/mol. The molecule has 2 rings (SSSR count). The van der Waals surface area contributed by atoms with Crippen molar-refractivity contribution in [2.45, 2.75) is 13.5 Å². The molecule has 74 valence electrons. The van der Waals surface area contributed by atoms with Crippen LogP contribution in [0, 0.1) is 0 Å². The fourth-order valence-electron chi connectivity index (χ4n) is 1.46. The molecule has 0 atom stereocenters. The van der Waals surface area contributed by atoms with Crippen LogP contribution >= 0.6 is 27.3 Å². The molecular formula is C9H8BrNO2S. The number of Topliss-reactive ketones (excluding diaryl/α,β-unsaturated/α-hetero) is 1. The molecule has 1 aliphatic rings. The third-order valence-electron chi connectivity index (χ3n) is 2.19. The largest absolute Gasteiger partial charge is 0.330 e. The van der Waals surface area contributed by atoms with E-state index in [0.717, 1.165) is 14.2 Å². The average molecular weight is 274 g/mol. The Kier molecular flexibility index (Phi) is 2.45. The number of thiophene rings is 1. The van der Waals surface area contributed by atoms with Gasteiger partial charge in [-0.1, -0.05) is 0 Å². The number of carbonyl (C=O) groups excluding carboxylic acids is 2. The molecular weight excluding hydrogens is 266 g/mol. The molecule has 0 bridgehead atoms. The number of ketones is 1. The minimum atomic E-state index is -0.0477. The van der Waals surface area contributed by atoms with Crippen LogP contribution in [-0.2, 0) is 11.3 Å². The lowest BCUT2D eigenvalue weighted by molar-refractivity contribution is -0.129. The molecule has 0 aliphatic carbocycles. The van der Waals surface area contributed by atoms with E-state index in [9.17, 15) is 9.59 Å². The summed E-state index contributed by atoms with van der Waals surface area (Å²) in [6.45, 7) is 2.26. The summed E-state index contributed by atoms with van der Waals surface area (Å²) < 4.78 is 0.946. The summed E-state index contributed by atoms with van der Waals surface area (Å²) in [6, 6.07) is 1.83. The van der Waals surface area contributed by atoms with Gasteiger partial charge in [0.1, 0.15) is 0 Å². The topological polar surface area (TPSA) is 37.4 Å². The van der Waals surface area contributed by atoms with E-state index in [1.165, 1.54) is 18.3 Å². The number of hydrogen-bond donors (Lipinski definition) is 0. The van der Waals surface area contributed by atoms with Gasteiger partial charge in [0.15, 0.2) is 5.78 Å². The van der Waals surface area contributed by atoms with Gasteiger partial charge in [-0.2, -0.15) is 0 Å². The third-order valence-corrected chi connectivity index (χ3v) is 3.82. The molecule has 0 saturated heterocycles. The number of fused-ring (bicyclic) bond motifs is 1. The van der Waals surface area contributed by atoms with Gasteiger partial charge in [-0.3, -0.25) is 9.59 Å². The van der Waals surface area contributed by atoms with Crippen molar-refractivity contribution < 1.29 is 9.59 Å². The van der Waals surface area contributed by atoms with Crippen molar-refractivity contribution in [1.82, 2.24) is 4.90 Å². The zero-order valence-electron chi connectivity index (χ0n) is 7.54. The van der Waals surface area contributed by atoms with Crippen LogP contribution in [0.15, 0.2) is 9.85 Å². The van der Waals surface area contributed by atoms with Crippen LogP contribution in [-0.4, -0.2) is 23.1 Å². The summed E-state index contributed by atoms with van der Waals surface area (Å²) in [5.41, 5.74) is 0.763. The lowest BCUT2D eigenvalue weighted by Gasteiger charge is -2.24. The van der Waals surface area contributed by atoms with Gasteiger partial charge in [-0.25, -0.2) is 0 Å². The summed E-state index contributed by atoms with van der Waals surface area (Å²) >= 11 is 4.86. The van der Waals surface area contributed by atoms with Crippen molar-refractivity contribution in [2.24, 2.45) is 0 Å². The standard InChI is InChI=1S/C9H8BrNO2S/c1-5(12)11-3-7(13)6-2-9(10)14-8(6)4-11/h2H,3-4H2,1H3. The van der Waals surface area contributed by atoms with Crippen LogP contribution in [0.3, 0.4) is 0 Å². The number of halogens is 1. The van der Waals surface area contributed by atoms with Crippen LogP contribution in [0.25, 0.3) is 0 Å². The van der Waals surface area contributed by atoms with Gasteiger partial charge < -0.3 is 4.90 Å². The molecule has 1 aliphatic heterocycles. The maximum atomic E-state index is 11.6. The van der Waals surface area contributed by atoms with Gasteiger partial charge >= 0.3 is 0 Å². The van der Waals surface area contributed by atoms with Gasteiger partial charge in [0.25, 0.3) is 0 Å². The first-order valence-corrected chi connectivity index (χ1v) is 5.76. The van der Waals surface area contributed by atoms with Gasteiger partial charge in [0, 0.05) is 17.4 Å². The third kappa shape index (κ3) is 1.62. The number of carbonyl (C=O) groups is 2. The lowest BCUT2D eigenvalue weighted by Crippen LogP contribution is -2.37. The zero-order chi connectivity index (χ0) is 10.3. The Morgan fingerprint density at radius 3 is 2.93 bits per heavy atom. The number of nitrogens with zero attached hydrogens (tertiary/aromatic N) is 1. The molecule has 0 fully saturated rings.